The predicted octanol–water partition coefficient (Wildman–Crippen LogP) is 5.19. The van der Waals surface area contributed by atoms with E-state index in [9.17, 15) is 0 Å². The fourth-order valence-corrected chi connectivity index (χ4v) is 3.01. The van der Waals surface area contributed by atoms with Crippen molar-refractivity contribution in [1.82, 2.24) is 5.32 Å². The van der Waals surface area contributed by atoms with E-state index in [-0.39, 0.29) is 0 Å². The summed E-state index contributed by atoms with van der Waals surface area (Å²) in [6, 6.07) is 9.72. The Bertz CT molecular complexity index is 360. The van der Waals surface area contributed by atoms with Gasteiger partial charge in [0.05, 0.1) is 0 Å². The lowest BCUT2D eigenvalue weighted by Gasteiger charge is -2.31. The number of hydrogen-bond acceptors (Lipinski definition) is 1. The summed E-state index contributed by atoms with van der Waals surface area (Å²) >= 11 is 0. The van der Waals surface area contributed by atoms with Crippen LogP contribution in [0.5, 0.6) is 0 Å². The standard InChI is InChI=1S/C18H29N/c1-3-5-13-18(19-14-4-2)17-12-7-6-11-16(17)15-9-8-10-15/h6-7,11-12,15,18-19H,3-5,8-10,13-14H2,1-2H3. The third-order valence-electron chi connectivity index (χ3n) is 4.40. The molecule has 1 N–H and O–H groups in total. The van der Waals surface area contributed by atoms with Crippen molar-refractivity contribution in [2.24, 2.45) is 0 Å². The van der Waals surface area contributed by atoms with Crippen LogP contribution in [-0.2, 0) is 0 Å². The van der Waals surface area contributed by atoms with Crippen LogP contribution in [0.2, 0.25) is 0 Å². The molecule has 1 heteroatoms. The normalized spacial score (nSPS) is 17.2. The van der Waals surface area contributed by atoms with Crippen molar-refractivity contribution in [2.45, 2.75) is 70.8 Å². The third-order valence-corrected chi connectivity index (χ3v) is 4.40. The third kappa shape index (κ3) is 3.82. The van der Waals surface area contributed by atoms with Crippen LogP contribution in [0.3, 0.4) is 0 Å². The predicted molar refractivity (Wildman–Crippen MR) is 83.6 cm³/mol. The number of hydrogen-bond donors (Lipinski definition) is 1. The minimum absolute atomic E-state index is 0.566. The number of unbranched alkanes of at least 4 members (excludes halogenated alkanes) is 1. The molecule has 0 radical (unpaired) electrons. The van der Waals surface area contributed by atoms with Crippen LogP contribution in [0.4, 0.5) is 0 Å². The lowest BCUT2D eigenvalue weighted by atomic mass is 9.76. The van der Waals surface area contributed by atoms with E-state index in [4.69, 9.17) is 0 Å². The second-order valence-electron chi connectivity index (χ2n) is 5.91. The van der Waals surface area contributed by atoms with Crippen molar-refractivity contribution in [2.75, 3.05) is 6.54 Å². The molecule has 1 unspecified atom stereocenters. The molecular weight excluding hydrogens is 230 g/mol. The van der Waals surface area contributed by atoms with Gasteiger partial charge in [-0.2, -0.15) is 0 Å². The maximum absolute atomic E-state index is 3.76. The Labute approximate surface area is 118 Å². The van der Waals surface area contributed by atoms with Gasteiger partial charge in [-0.3, -0.25) is 0 Å². The van der Waals surface area contributed by atoms with Crippen molar-refractivity contribution in [3.8, 4) is 0 Å². The van der Waals surface area contributed by atoms with Crippen LogP contribution in [0.25, 0.3) is 0 Å². The number of nitrogens with one attached hydrogen (secondary N) is 1. The highest BCUT2D eigenvalue weighted by molar-refractivity contribution is 5.34. The molecule has 1 aliphatic carbocycles. The molecule has 1 fully saturated rings. The highest BCUT2D eigenvalue weighted by Gasteiger charge is 2.24. The molecule has 1 aromatic rings. The summed E-state index contributed by atoms with van der Waals surface area (Å²) in [4.78, 5) is 0. The van der Waals surface area contributed by atoms with E-state index >= 15 is 0 Å². The largest absolute Gasteiger partial charge is 0.310 e. The van der Waals surface area contributed by atoms with E-state index < -0.39 is 0 Å². The van der Waals surface area contributed by atoms with Crippen LogP contribution in [-0.4, -0.2) is 6.54 Å². The van der Waals surface area contributed by atoms with E-state index in [1.54, 1.807) is 11.1 Å². The minimum Gasteiger partial charge on any atom is -0.310 e. The Hall–Kier alpha value is -0.820. The second-order valence-corrected chi connectivity index (χ2v) is 5.91. The molecule has 106 valence electrons. The van der Waals surface area contributed by atoms with Crippen molar-refractivity contribution in [1.29, 1.82) is 0 Å². The second kappa shape index (κ2) is 7.69. The molecule has 1 atom stereocenters. The highest BCUT2D eigenvalue weighted by atomic mass is 14.9. The SMILES string of the molecule is CCCCC(NCCC)c1ccccc1C1CCC1. The minimum atomic E-state index is 0.566. The van der Waals surface area contributed by atoms with Crippen LogP contribution in [0, 0.1) is 0 Å². The smallest absolute Gasteiger partial charge is 0.0323 e. The first-order valence-electron chi connectivity index (χ1n) is 8.19. The molecule has 1 nitrogen and oxygen atoms in total. The lowest BCUT2D eigenvalue weighted by Crippen LogP contribution is -2.24. The van der Waals surface area contributed by atoms with Gasteiger partial charge in [-0.25, -0.2) is 0 Å². The zero-order chi connectivity index (χ0) is 13.5. The Balaban J connectivity index is 2.13. The maximum atomic E-state index is 3.76. The van der Waals surface area contributed by atoms with Crippen LogP contribution in [0.1, 0.15) is 81.9 Å². The molecule has 19 heavy (non-hydrogen) atoms. The number of benzene rings is 1. The summed E-state index contributed by atoms with van der Waals surface area (Å²) in [5, 5.41) is 3.76. The van der Waals surface area contributed by atoms with E-state index in [2.05, 4.69) is 43.4 Å². The van der Waals surface area contributed by atoms with E-state index in [1.165, 1.54) is 44.9 Å². The van der Waals surface area contributed by atoms with Crippen LogP contribution >= 0.6 is 0 Å². The highest BCUT2D eigenvalue weighted by Crippen LogP contribution is 2.40. The Morgan fingerprint density at radius 1 is 1.16 bits per heavy atom. The summed E-state index contributed by atoms with van der Waals surface area (Å²) in [5.41, 5.74) is 3.20. The fourth-order valence-electron chi connectivity index (χ4n) is 3.01. The topological polar surface area (TPSA) is 12.0 Å². The summed E-state index contributed by atoms with van der Waals surface area (Å²) < 4.78 is 0. The quantitative estimate of drug-likeness (QED) is 0.678. The van der Waals surface area contributed by atoms with Gasteiger partial charge in [-0.05, 0) is 49.3 Å². The molecule has 0 aliphatic heterocycles. The van der Waals surface area contributed by atoms with Crippen molar-refractivity contribution >= 4 is 0 Å². The average Bonchev–Trinajstić information content (AvgIpc) is 2.38. The van der Waals surface area contributed by atoms with Crippen molar-refractivity contribution in [3.63, 3.8) is 0 Å². The molecule has 1 aliphatic rings. The summed E-state index contributed by atoms with van der Waals surface area (Å²) in [5.74, 6) is 0.837. The molecule has 1 saturated carbocycles. The lowest BCUT2D eigenvalue weighted by molar-refractivity contribution is 0.406. The van der Waals surface area contributed by atoms with Gasteiger partial charge in [-0.1, -0.05) is 57.4 Å². The monoisotopic (exact) mass is 259 g/mol. The summed E-state index contributed by atoms with van der Waals surface area (Å²) in [6.45, 7) is 5.67. The van der Waals surface area contributed by atoms with Gasteiger partial charge in [0.2, 0.25) is 0 Å². The van der Waals surface area contributed by atoms with E-state index in [0.717, 1.165) is 12.5 Å². The molecule has 0 amide bonds. The first kappa shape index (κ1) is 14.6. The van der Waals surface area contributed by atoms with Gasteiger partial charge >= 0.3 is 0 Å². The Kier molecular flexibility index (Phi) is 5.91. The van der Waals surface area contributed by atoms with Crippen LogP contribution < -0.4 is 5.32 Å². The van der Waals surface area contributed by atoms with Gasteiger partial charge in [0.25, 0.3) is 0 Å². The van der Waals surface area contributed by atoms with Crippen LogP contribution in [0.15, 0.2) is 24.3 Å². The van der Waals surface area contributed by atoms with E-state index in [0.29, 0.717) is 6.04 Å². The zero-order valence-electron chi connectivity index (χ0n) is 12.6. The van der Waals surface area contributed by atoms with Gasteiger partial charge in [0.15, 0.2) is 0 Å². The van der Waals surface area contributed by atoms with Crippen molar-refractivity contribution in [3.05, 3.63) is 35.4 Å². The fraction of sp³-hybridized carbons (Fsp3) is 0.667. The van der Waals surface area contributed by atoms with Crippen molar-refractivity contribution < 1.29 is 0 Å². The van der Waals surface area contributed by atoms with E-state index in [1.807, 2.05) is 0 Å². The maximum Gasteiger partial charge on any atom is 0.0323 e. The summed E-state index contributed by atoms with van der Waals surface area (Å²) in [7, 11) is 0. The first-order chi connectivity index (χ1) is 9.36. The molecule has 1 aromatic carbocycles. The summed E-state index contributed by atoms with van der Waals surface area (Å²) in [6.07, 6.45) is 9.31. The van der Waals surface area contributed by atoms with Gasteiger partial charge in [0.1, 0.15) is 0 Å². The molecular formula is C18H29N. The molecule has 0 saturated heterocycles. The first-order valence-corrected chi connectivity index (χ1v) is 8.19. The molecule has 0 aromatic heterocycles. The molecule has 2 rings (SSSR count). The Morgan fingerprint density at radius 3 is 2.58 bits per heavy atom. The Morgan fingerprint density at radius 2 is 1.95 bits per heavy atom. The molecule has 0 heterocycles. The zero-order valence-corrected chi connectivity index (χ0v) is 12.6. The molecule has 0 bridgehead atoms. The number of rotatable bonds is 8. The van der Waals surface area contributed by atoms with Gasteiger partial charge in [-0.15, -0.1) is 0 Å². The van der Waals surface area contributed by atoms with Gasteiger partial charge < -0.3 is 5.32 Å². The molecule has 0 spiro atoms. The average molecular weight is 259 g/mol. The van der Waals surface area contributed by atoms with Gasteiger partial charge in [0, 0.05) is 6.04 Å².